The first kappa shape index (κ1) is 16.3. The lowest BCUT2D eigenvalue weighted by Gasteiger charge is -2.35. The number of carbonyl (C=O) groups excluding carboxylic acids is 2. The van der Waals surface area contributed by atoms with Crippen molar-refractivity contribution in [3.8, 4) is 0 Å². The summed E-state index contributed by atoms with van der Waals surface area (Å²) in [6, 6.07) is 0. The Kier molecular flexibility index (Phi) is 5.28. The summed E-state index contributed by atoms with van der Waals surface area (Å²) in [6.07, 6.45) is 7.22. The first-order valence-electron chi connectivity index (χ1n) is 8.38. The first-order valence-corrected chi connectivity index (χ1v) is 8.38. The number of ether oxygens (including phenoxy) is 1. The van der Waals surface area contributed by atoms with Crippen LogP contribution < -0.4 is 0 Å². The third-order valence-corrected chi connectivity index (χ3v) is 4.50. The summed E-state index contributed by atoms with van der Waals surface area (Å²) in [6.45, 7) is 7.10. The molecule has 0 bridgehead atoms. The normalized spacial score (nSPS) is 22.1. The van der Waals surface area contributed by atoms with Crippen LogP contribution in [0.25, 0.3) is 0 Å². The van der Waals surface area contributed by atoms with E-state index in [4.69, 9.17) is 4.74 Å². The van der Waals surface area contributed by atoms with Crippen molar-refractivity contribution in [2.24, 2.45) is 11.8 Å². The number of nitrogens with zero attached hydrogens (tertiary/aromatic N) is 1. The fourth-order valence-electron chi connectivity index (χ4n) is 3.33. The Bertz CT molecular complexity index is 372. The molecule has 0 atom stereocenters. The van der Waals surface area contributed by atoms with Crippen LogP contribution in [0.5, 0.6) is 0 Å². The van der Waals surface area contributed by atoms with Gasteiger partial charge < -0.3 is 9.64 Å². The molecule has 1 saturated carbocycles. The van der Waals surface area contributed by atoms with Gasteiger partial charge in [-0.1, -0.05) is 19.3 Å². The number of hydrogen-bond acceptors (Lipinski definition) is 3. The van der Waals surface area contributed by atoms with Gasteiger partial charge in [0, 0.05) is 19.0 Å². The first-order chi connectivity index (χ1) is 9.87. The number of amides is 1. The molecule has 21 heavy (non-hydrogen) atoms. The van der Waals surface area contributed by atoms with Crippen LogP contribution in [-0.4, -0.2) is 35.5 Å². The van der Waals surface area contributed by atoms with Crippen molar-refractivity contribution in [2.75, 3.05) is 13.1 Å². The molecule has 120 valence electrons. The molecule has 4 heteroatoms. The monoisotopic (exact) mass is 295 g/mol. The van der Waals surface area contributed by atoms with E-state index in [-0.39, 0.29) is 17.8 Å². The maximum atomic E-state index is 12.5. The average molecular weight is 295 g/mol. The molecule has 2 aliphatic rings. The Morgan fingerprint density at radius 1 is 0.905 bits per heavy atom. The second-order valence-electron chi connectivity index (χ2n) is 7.47. The number of rotatable bonds is 2. The molecule has 1 amide bonds. The summed E-state index contributed by atoms with van der Waals surface area (Å²) >= 11 is 0. The van der Waals surface area contributed by atoms with E-state index in [0.717, 1.165) is 25.7 Å². The van der Waals surface area contributed by atoms with Crippen LogP contribution in [0.4, 0.5) is 0 Å². The van der Waals surface area contributed by atoms with Gasteiger partial charge in [0.1, 0.15) is 5.60 Å². The summed E-state index contributed by atoms with van der Waals surface area (Å²) in [4.78, 5) is 26.5. The predicted molar refractivity (Wildman–Crippen MR) is 81.7 cm³/mol. The van der Waals surface area contributed by atoms with E-state index in [1.54, 1.807) is 0 Å². The van der Waals surface area contributed by atoms with Gasteiger partial charge in [-0.25, -0.2) is 0 Å². The van der Waals surface area contributed by atoms with Crippen molar-refractivity contribution in [3.63, 3.8) is 0 Å². The summed E-state index contributed by atoms with van der Waals surface area (Å²) in [5, 5.41) is 0. The highest BCUT2D eigenvalue weighted by molar-refractivity contribution is 5.79. The maximum absolute atomic E-state index is 12.5. The number of carbonyl (C=O) groups is 2. The molecule has 1 aliphatic carbocycles. The number of esters is 1. The lowest BCUT2D eigenvalue weighted by atomic mass is 9.87. The van der Waals surface area contributed by atoms with Gasteiger partial charge in [-0.15, -0.1) is 0 Å². The number of piperidine rings is 1. The van der Waals surface area contributed by atoms with Gasteiger partial charge >= 0.3 is 5.97 Å². The third kappa shape index (κ3) is 4.72. The molecule has 4 nitrogen and oxygen atoms in total. The Morgan fingerprint density at radius 2 is 1.48 bits per heavy atom. The molecule has 2 fully saturated rings. The van der Waals surface area contributed by atoms with Gasteiger partial charge in [0.05, 0.1) is 5.92 Å². The Hall–Kier alpha value is -1.06. The van der Waals surface area contributed by atoms with E-state index in [0.29, 0.717) is 19.0 Å². The molecule has 1 saturated heterocycles. The SMILES string of the molecule is CC(C)(C)OC(=O)C1CCN(C(=O)C2CCCCC2)CC1. The van der Waals surface area contributed by atoms with Crippen molar-refractivity contribution in [2.45, 2.75) is 71.3 Å². The quantitative estimate of drug-likeness (QED) is 0.735. The van der Waals surface area contributed by atoms with E-state index in [1.165, 1.54) is 19.3 Å². The molecule has 0 aromatic heterocycles. The van der Waals surface area contributed by atoms with Gasteiger partial charge in [-0.2, -0.15) is 0 Å². The van der Waals surface area contributed by atoms with Gasteiger partial charge in [0.2, 0.25) is 5.91 Å². The molecule has 0 unspecified atom stereocenters. The second kappa shape index (κ2) is 6.80. The van der Waals surface area contributed by atoms with Crippen LogP contribution >= 0.6 is 0 Å². The lowest BCUT2D eigenvalue weighted by Crippen LogP contribution is -2.44. The Labute approximate surface area is 128 Å². The summed E-state index contributed by atoms with van der Waals surface area (Å²) < 4.78 is 5.45. The van der Waals surface area contributed by atoms with Gasteiger partial charge in [0.25, 0.3) is 0 Å². The van der Waals surface area contributed by atoms with E-state index >= 15 is 0 Å². The molecule has 0 radical (unpaired) electrons. The molecule has 0 aromatic carbocycles. The summed E-state index contributed by atoms with van der Waals surface area (Å²) in [5.41, 5.74) is -0.424. The summed E-state index contributed by atoms with van der Waals surface area (Å²) in [7, 11) is 0. The smallest absolute Gasteiger partial charge is 0.309 e. The minimum Gasteiger partial charge on any atom is -0.460 e. The molecule has 1 heterocycles. The zero-order valence-corrected chi connectivity index (χ0v) is 13.7. The van der Waals surface area contributed by atoms with E-state index in [9.17, 15) is 9.59 Å². The van der Waals surface area contributed by atoms with Gasteiger partial charge in [0.15, 0.2) is 0 Å². The third-order valence-electron chi connectivity index (χ3n) is 4.50. The Morgan fingerprint density at radius 3 is 2.00 bits per heavy atom. The van der Waals surface area contributed by atoms with E-state index < -0.39 is 5.60 Å². The highest BCUT2D eigenvalue weighted by Gasteiger charge is 2.33. The van der Waals surface area contributed by atoms with Crippen LogP contribution in [-0.2, 0) is 14.3 Å². The Balaban J connectivity index is 1.80. The highest BCUT2D eigenvalue weighted by atomic mass is 16.6. The lowest BCUT2D eigenvalue weighted by molar-refractivity contribution is -0.162. The number of likely N-dealkylation sites (tertiary alicyclic amines) is 1. The van der Waals surface area contributed by atoms with Crippen molar-refractivity contribution in [1.82, 2.24) is 4.90 Å². The van der Waals surface area contributed by atoms with Crippen LogP contribution in [0, 0.1) is 11.8 Å². The minimum absolute atomic E-state index is 0.0420. The van der Waals surface area contributed by atoms with Gasteiger partial charge in [-0.05, 0) is 46.5 Å². The molecule has 0 aromatic rings. The molecule has 0 spiro atoms. The van der Waals surface area contributed by atoms with E-state index in [1.807, 2.05) is 25.7 Å². The topological polar surface area (TPSA) is 46.6 Å². The summed E-state index contributed by atoms with van der Waals surface area (Å²) in [5.74, 6) is 0.404. The molecule has 2 rings (SSSR count). The largest absolute Gasteiger partial charge is 0.460 e. The minimum atomic E-state index is -0.424. The van der Waals surface area contributed by atoms with Crippen LogP contribution in [0.1, 0.15) is 65.7 Å². The van der Waals surface area contributed by atoms with Crippen LogP contribution in [0.3, 0.4) is 0 Å². The second-order valence-corrected chi connectivity index (χ2v) is 7.47. The average Bonchev–Trinajstić information content (AvgIpc) is 2.46. The fourth-order valence-corrected chi connectivity index (χ4v) is 3.33. The maximum Gasteiger partial charge on any atom is 0.309 e. The molecular formula is C17H29NO3. The van der Waals surface area contributed by atoms with Crippen molar-refractivity contribution in [1.29, 1.82) is 0 Å². The predicted octanol–water partition coefficient (Wildman–Crippen LogP) is 3.15. The van der Waals surface area contributed by atoms with Crippen LogP contribution in [0.15, 0.2) is 0 Å². The van der Waals surface area contributed by atoms with Crippen molar-refractivity contribution in [3.05, 3.63) is 0 Å². The van der Waals surface area contributed by atoms with Gasteiger partial charge in [-0.3, -0.25) is 9.59 Å². The zero-order chi connectivity index (χ0) is 15.5. The molecule has 0 N–H and O–H groups in total. The van der Waals surface area contributed by atoms with Crippen molar-refractivity contribution >= 4 is 11.9 Å². The fraction of sp³-hybridized carbons (Fsp3) is 0.882. The number of hydrogen-bond donors (Lipinski definition) is 0. The van der Waals surface area contributed by atoms with Crippen LogP contribution in [0.2, 0.25) is 0 Å². The molecule has 1 aliphatic heterocycles. The molecular weight excluding hydrogens is 266 g/mol. The zero-order valence-electron chi connectivity index (χ0n) is 13.7. The standard InChI is InChI=1S/C17H29NO3/c1-17(2,3)21-16(20)14-9-11-18(12-10-14)15(19)13-7-5-4-6-8-13/h13-14H,4-12H2,1-3H3. The van der Waals surface area contributed by atoms with E-state index in [2.05, 4.69) is 0 Å². The highest BCUT2D eigenvalue weighted by Crippen LogP contribution is 2.28. The van der Waals surface area contributed by atoms with Crippen molar-refractivity contribution < 1.29 is 14.3 Å².